The summed E-state index contributed by atoms with van der Waals surface area (Å²) in [6, 6.07) is 3.89. The average molecular weight is 290 g/mol. The summed E-state index contributed by atoms with van der Waals surface area (Å²) in [7, 11) is 1.87. The predicted molar refractivity (Wildman–Crippen MR) is 79.6 cm³/mol. The first-order valence-electron chi connectivity index (χ1n) is 6.67. The number of nitrogens with zero attached hydrogens (tertiary/aromatic N) is 2. The van der Waals surface area contributed by atoms with Gasteiger partial charge in [-0.2, -0.15) is 5.10 Å². The van der Waals surface area contributed by atoms with Gasteiger partial charge in [0, 0.05) is 23.9 Å². The summed E-state index contributed by atoms with van der Waals surface area (Å²) in [5.74, 6) is -1.01. The number of halogens is 1. The number of nitrogens with one attached hydrogen (secondary N) is 1. The Morgan fingerprint density at radius 3 is 2.62 bits per heavy atom. The minimum Gasteiger partial charge on any atom is -0.376 e. The third-order valence-corrected chi connectivity index (χ3v) is 3.62. The minimum absolute atomic E-state index is 0.142. The third-order valence-electron chi connectivity index (χ3n) is 3.62. The van der Waals surface area contributed by atoms with Crippen molar-refractivity contribution in [3.63, 3.8) is 0 Å². The van der Waals surface area contributed by atoms with Gasteiger partial charge >= 0.3 is 0 Å². The summed E-state index contributed by atoms with van der Waals surface area (Å²) >= 11 is 0. The number of benzene rings is 1. The van der Waals surface area contributed by atoms with Crippen LogP contribution in [0.25, 0.3) is 0 Å². The van der Waals surface area contributed by atoms with E-state index in [1.54, 1.807) is 4.68 Å². The largest absolute Gasteiger partial charge is 0.376 e. The second-order valence-electron chi connectivity index (χ2n) is 5.13. The van der Waals surface area contributed by atoms with Crippen LogP contribution in [-0.2, 0) is 7.05 Å². The molecule has 6 heteroatoms. The van der Waals surface area contributed by atoms with Crippen LogP contribution in [0.15, 0.2) is 18.2 Å². The van der Waals surface area contributed by atoms with Gasteiger partial charge in [-0.3, -0.25) is 9.48 Å². The van der Waals surface area contributed by atoms with Gasteiger partial charge in [0.1, 0.15) is 5.82 Å². The first kappa shape index (κ1) is 15.0. The predicted octanol–water partition coefficient (Wildman–Crippen LogP) is 2.45. The number of anilines is 1. The van der Waals surface area contributed by atoms with Crippen LogP contribution in [0.3, 0.4) is 0 Å². The van der Waals surface area contributed by atoms with E-state index in [0.29, 0.717) is 0 Å². The van der Waals surface area contributed by atoms with Crippen molar-refractivity contribution in [3.05, 3.63) is 46.5 Å². The van der Waals surface area contributed by atoms with Crippen molar-refractivity contribution in [2.45, 2.75) is 26.8 Å². The van der Waals surface area contributed by atoms with Crippen molar-refractivity contribution in [1.29, 1.82) is 0 Å². The van der Waals surface area contributed by atoms with Crippen molar-refractivity contribution in [1.82, 2.24) is 9.78 Å². The Hall–Kier alpha value is -2.37. The summed E-state index contributed by atoms with van der Waals surface area (Å²) in [4.78, 5) is 11.2. The first-order chi connectivity index (χ1) is 9.81. The van der Waals surface area contributed by atoms with E-state index in [9.17, 15) is 9.18 Å². The second-order valence-corrected chi connectivity index (χ2v) is 5.13. The molecule has 0 saturated heterocycles. The Morgan fingerprint density at radius 2 is 2.10 bits per heavy atom. The summed E-state index contributed by atoms with van der Waals surface area (Å²) in [5.41, 5.74) is 8.66. The number of hydrogen-bond acceptors (Lipinski definition) is 3. The molecule has 2 aromatic rings. The number of rotatable bonds is 4. The maximum absolute atomic E-state index is 13.9. The molecule has 5 nitrogen and oxygen atoms in total. The quantitative estimate of drug-likeness (QED) is 0.908. The van der Waals surface area contributed by atoms with E-state index in [1.807, 2.05) is 27.8 Å². The normalized spacial score (nSPS) is 12.2. The zero-order valence-corrected chi connectivity index (χ0v) is 12.6. The molecule has 0 fully saturated rings. The van der Waals surface area contributed by atoms with Gasteiger partial charge in [0.05, 0.1) is 17.4 Å². The summed E-state index contributed by atoms with van der Waals surface area (Å²) in [6.45, 7) is 5.80. The van der Waals surface area contributed by atoms with Crippen molar-refractivity contribution in [3.8, 4) is 0 Å². The lowest BCUT2D eigenvalue weighted by Crippen LogP contribution is -2.14. The number of hydrogen-bond donors (Lipinski definition) is 2. The number of primary amides is 1. The summed E-state index contributed by atoms with van der Waals surface area (Å²) < 4.78 is 15.7. The van der Waals surface area contributed by atoms with Gasteiger partial charge < -0.3 is 11.1 Å². The van der Waals surface area contributed by atoms with Crippen molar-refractivity contribution in [2.24, 2.45) is 12.8 Å². The van der Waals surface area contributed by atoms with Gasteiger partial charge in [-0.15, -0.1) is 0 Å². The molecule has 1 amide bonds. The molecule has 1 aromatic heterocycles. The molecule has 0 spiro atoms. The fourth-order valence-corrected chi connectivity index (χ4v) is 2.51. The lowest BCUT2D eigenvalue weighted by atomic mass is 10.1. The maximum Gasteiger partial charge on any atom is 0.248 e. The molecule has 3 N–H and O–H groups in total. The van der Waals surface area contributed by atoms with Gasteiger partial charge in [-0.1, -0.05) is 0 Å². The van der Waals surface area contributed by atoms with Crippen LogP contribution in [-0.4, -0.2) is 15.7 Å². The molecule has 0 bridgehead atoms. The number of amides is 1. The molecule has 0 saturated carbocycles. The molecular formula is C15H19FN4O. The Morgan fingerprint density at radius 1 is 1.43 bits per heavy atom. The lowest BCUT2D eigenvalue weighted by molar-refractivity contribution is 0.100. The van der Waals surface area contributed by atoms with E-state index in [-0.39, 0.29) is 17.3 Å². The Balaban J connectivity index is 2.33. The van der Waals surface area contributed by atoms with Crippen LogP contribution in [0.4, 0.5) is 10.1 Å². The highest BCUT2D eigenvalue weighted by atomic mass is 19.1. The molecule has 0 aliphatic heterocycles. The highest BCUT2D eigenvalue weighted by Crippen LogP contribution is 2.26. The van der Waals surface area contributed by atoms with E-state index in [2.05, 4.69) is 10.4 Å². The van der Waals surface area contributed by atoms with Crippen LogP contribution in [0.5, 0.6) is 0 Å². The molecule has 0 radical (unpaired) electrons. The molecule has 1 unspecified atom stereocenters. The molecule has 0 aliphatic rings. The van der Waals surface area contributed by atoms with Crippen molar-refractivity contribution >= 4 is 11.6 Å². The molecule has 1 heterocycles. The Labute approximate surface area is 123 Å². The van der Waals surface area contributed by atoms with E-state index >= 15 is 0 Å². The average Bonchev–Trinajstić information content (AvgIpc) is 2.65. The van der Waals surface area contributed by atoms with Gasteiger partial charge in [0.2, 0.25) is 5.91 Å². The Bertz CT molecular complexity index is 693. The molecule has 0 aliphatic carbocycles. The van der Waals surface area contributed by atoms with E-state index in [0.717, 1.165) is 17.0 Å². The van der Waals surface area contributed by atoms with Gasteiger partial charge in [0.15, 0.2) is 0 Å². The highest BCUT2D eigenvalue weighted by Gasteiger charge is 2.17. The monoisotopic (exact) mass is 290 g/mol. The van der Waals surface area contributed by atoms with E-state index < -0.39 is 11.7 Å². The zero-order valence-electron chi connectivity index (χ0n) is 12.6. The van der Waals surface area contributed by atoms with Crippen LogP contribution < -0.4 is 11.1 Å². The molecule has 21 heavy (non-hydrogen) atoms. The fourth-order valence-electron chi connectivity index (χ4n) is 2.51. The minimum atomic E-state index is -0.584. The van der Waals surface area contributed by atoms with Gasteiger partial charge in [-0.25, -0.2) is 4.39 Å². The number of carbonyl (C=O) groups is 1. The van der Waals surface area contributed by atoms with Crippen LogP contribution >= 0.6 is 0 Å². The topological polar surface area (TPSA) is 72.9 Å². The number of nitrogens with two attached hydrogens (primary N) is 1. The molecule has 2 rings (SSSR count). The standard InChI is InChI=1S/C15H19FN4O/c1-8(14-9(2)19-20(4)10(14)3)18-13-7-11(15(17)21)5-6-12(13)16/h5-8,18H,1-4H3,(H2,17,21). The molecule has 1 aromatic carbocycles. The Kier molecular flexibility index (Phi) is 3.97. The van der Waals surface area contributed by atoms with Crippen LogP contribution in [0, 0.1) is 19.7 Å². The first-order valence-corrected chi connectivity index (χ1v) is 6.67. The summed E-state index contributed by atoms with van der Waals surface area (Å²) in [5, 5.41) is 7.43. The number of carbonyl (C=O) groups excluding carboxylic acids is 1. The van der Waals surface area contributed by atoms with Gasteiger partial charge in [0.25, 0.3) is 0 Å². The highest BCUT2D eigenvalue weighted by molar-refractivity contribution is 5.93. The number of aryl methyl sites for hydroxylation is 2. The zero-order chi connectivity index (χ0) is 15.7. The fraction of sp³-hybridized carbons (Fsp3) is 0.333. The number of aromatic nitrogens is 2. The maximum atomic E-state index is 13.9. The smallest absolute Gasteiger partial charge is 0.248 e. The SMILES string of the molecule is Cc1nn(C)c(C)c1C(C)Nc1cc(C(N)=O)ccc1F. The third kappa shape index (κ3) is 2.89. The van der Waals surface area contributed by atoms with Crippen molar-refractivity contribution in [2.75, 3.05) is 5.32 Å². The molecule has 1 atom stereocenters. The molecule has 112 valence electrons. The van der Waals surface area contributed by atoms with Crippen molar-refractivity contribution < 1.29 is 9.18 Å². The van der Waals surface area contributed by atoms with E-state index in [1.165, 1.54) is 18.2 Å². The molecular weight excluding hydrogens is 271 g/mol. The lowest BCUT2D eigenvalue weighted by Gasteiger charge is -2.17. The second kappa shape index (κ2) is 5.55. The van der Waals surface area contributed by atoms with E-state index in [4.69, 9.17) is 5.73 Å². The van der Waals surface area contributed by atoms with Crippen LogP contribution in [0.1, 0.15) is 40.3 Å². The summed E-state index contributed by atoms with van der Waals surface area (Å²) in [6.07, 6.45) is 0. The van der Waals surface area contributed by atoms with Gasteiger partial charge in [-0.05, 0) is 39.0 Å². The van der Waals surface area contributed by atoms with Crippen LogP contribution in [0.2, 0.25) is 0 Å².